The van der Waals surface area contributed by atoms with Gasteiger partial charge in [0.05, 0.1) is 19.6 Å². The quantitative estimate of drug-likeness (QED) is 0.424. The largest absolute Gasteiger partial charge is 0.235 e. The Labute approximate surface area is 124 Å². The molecule has 0 aromatic carbocycles. The van der Waals surface area contributed by atoms with Crippen LogP contribution in [0.1, 0.15) is 0 Å². The summed E-state index contributed by atoms with van der Waals surface area (Å²) in [5, 5.41) is 0.225. The monoisotopic (exact) mass is 313 g/mol. The first-order chi connectivity index (χ1) is 9.58. The van der Waals surface area contributed by atoms with Crippen LogP contribution in [0.2, 0.25) is 0 Å². The van der Waals surface area contributed by atoms with Crippen molar-refractivity contribution in [2.45, 2.75) is 4.87 Å². The molecule has 0 saturated carbocycles. The van der Waals surface area contributed by atoms with Gasteiger partial charge in [-0.2, -0.15) is 0 Å². The van der Waals surface area contributed by atoms with Gasteiger partial charge in [-0.25, -0.2) is 29.4 Å². The zero-order valence-corrected chi connectivity index (χ0v) is 11.7. The summed E-state index contributed by atoms with van der Waals surface area (Å²) in [5.74, 6) is -0.489. The molecule has 1 aliphatic carbocycles. The highest BCUT2D eigenvalue weighted by atomic mass is 35.5. The average Bonchev–Trinajstić information content (AvgIpc) is 2.45. The van der Waals surface area contributed by atoms with Gasteiger partial charge in [0.2, 0.25) is 18.2 Å². The van der Waals surface area contributed by atoms with E-state index in [0.717, 1.165) is 0 Å². The van der Waals surface area contributed by atoms with E-state index in [1.807, 2.05) is 0 Å². The van der Waals surface area contributed by atoms with Gasteiger partial charge < -0.3 is 0 Å². The highest BCUT2D eigenvalue weighted by molar-refractivity contribution is 6.40. The average molecular weight is 314 g/mol. The van der Waals surface area contributed by atoms with E-state index in [2.05, 4.69) is 15.0 Å². The van der Waals surface area contributed by atoms with Crippen LogP contribution in [0.15, 0.2) is 37.7 Å². The summed E-state index contributed by atoms with van der Waals surface area (Å²) in [6.45, 7) is 0.0117. The highest BCUT2D eigenvalue weighted by Gasteiger charge is 2.41. The SMILES string of the molecule is O=C=NCC1=CC(CN=C=O)C(Cl)(CN=C=O)C(Cl)=C1. The van der Waals surface area contributed by atoms with Crippen molar-refractivity contribution in [3.63, 3.8) is 0 Å². The molecular formula is C12H9Cl2N3O3. The van der Waals surface area contributed by atoms with Crippen molar-refractivity contribution in [2.24, 2.45) is 20.9 Å². The first-order valence-corrected chi connectivity index (χ1v) is 6.22. The van der Waals surface area contributed by atoms with Crippen molar-refractivity contribution in [1.29, 1.82) is 0 Å². The van der Waals surface area contributed by atoms with Crippen molar-refractivity contribution < 1.29 is 14.4 Å². The summed E-state index contributed by atoms with van der Waals surface area (Å²) in [6, 6.07) is 0. The first-order valence-electron chi connectivity index (χ1n) is 5.46. The first kappa shape index (κ1) is 16.3. The van der Waals surface area contributed by atoms with Gasteiger partial charge in [-0.1, -0.05) is 17.7 Å². The Bertz CT molecular complexity index is 583. The van der Waals surface area contributed by atoms with Gasteiger partial charge in [-0.3, -0.25) is 0 Å². The maximum absolute atomic E-state index is 10.3. The zero-order valence-electron chi connectivity index (χ0n) is 10.2. The van der Waals surface area contributed by atoms with Crippen LogP contribution in [-0.2, 0) is 14.4 Å². The molecule has 0 N–H and O–H groups in total. The van der Waals surface area contributed by atoms with Crippen LogP contribution in [-0.4, -0.2) is 42.7 Å². The Kier molecular flexibility index (Phi) is 6.26. The van der Waals surface area contributed by atoms with Gasteiger partial charge in [-0.15, -0.1) is 11.6 Å². The molecule has 0 heterocycles. The Balaban J connectivity index is 3.14. The molecule has 0 aromatic heterocycles. The van der Waals surface area contributed by atoms with Crippen molar-refractivity contribution in [3.8, 4) is 0 Å². The van der Waals surface area contributed by atoms with Gasteiger partial charge in [0.15, 0.2) is 0 Å². The van der Waals surface area contributed by atoms with Crippen LogP contribution >= 0.6 is 23.2 Å². The molecular weight excluding hydrogens is 305 g/mol. The summed E-state index contributed by atoms with van der Waals surface area (Å²) in [7, 11) is 0. The molecule has 2 atom stereocenters. The lowest BCUT2D eigenvalue weighted by Crippen LogP contribution is -2.39. The summed E-state index contributed by atoms with van der Waals surface area (Å²) < 4.78 is 0. The van der Waals surface area contributed by atoms with E-state index in [0.29, 0.717) is 5.57 Å². The third-order valence-corrected chi connectivity index (χ3v) is 3.91. The maximum atomic E-state index is 10.3. The molecule has 0 aliphatic heterocycles. The number of rotatable bonds is 6. The fourth-order valence-electron chi connectivity index (χ4n) is 1.79. The third kappa shape index (κ3) is 3.84. The lowest BCUT2D eigenvalue weighted by Gasteiger charge is -2.34. The molecule has 0 spiro atoms. The van der Waals surface area contributed by atoms with Gasteiger partial charge in [0.25, 0.3) is 0 Å². The standard InChI is InChI=1S/C12H9Cl2N3O3/c13-11-2-9(3-15-6-18)1-10(4-16-7-19)12(11,14)5-17-8-20/h1-2,10H,3-5H2. The number of halogens is 2. The predicted octanol–water partition coefficient (Wildman–Crippen LogP) is 1.65. The Morgan fingerprint density at radius 1 is 1.15 bits per heavy atom. The fourth-order valence-corrected chi connectivity index (χ4v) is 2.38. The van der Waals surface area contributed by atoms with Gasteiger partial charge in [0, 0.05) is 11.0 Å². The molecule has 6 nitrogen and oxygen atoms in total. The second kappa shape index (κ2) is 7.71. The summed E-state index contributed by atoms with van der Waals surface area (Å²) >= 11 is 12.5. The van der Waals surface area contributed by atoms with E-state index in [4.69, 9.17) is 23.2 Å². The normalized spacial score (nSPS) is 24.4. The highest BCUT2D eigenvalue weighted by Crippen LogP contribution is 2.41. The third-order valence-electron chi connectivity index (χ3n) is 2.76. The van der Waals surface area contributed by atoms with Crippen LogP contribution in [0.3, 0.4) is 0 Å². The zero-order chi connectivity index (χ0) is 15.0. The minimum Gasteiger partial charge on any atom is -0.211 e. The molecule has 0 bridgehead atoms. The number of aliphatic imine (C=N–C) groups is 3. The van der Waals surface area contributed by atoms with Crippen LogP contribution < -0.4 is 0 Å². The van der Waals surface area contributed by atoms with Gasteiger partial charge >= 0.3 is 0 Å². The van der Waals surface area contributed by atoms with E-state index in [1.165, 1.54) is 24.3 Å². The molecule has 1 rings (SSSR count). The Hall–Kier alpha value is -1.80. The molecule has 8 heteroatoms. The van der Waals surface area contributed by atoms with Crippen LogP contribution in [0.25, 0.3) is 0 Å². The van der Waals surface area contributed by atoms with Crippen molar-refractivity contribution in [3.05, 3.63) is 22.8 Å². The summed E-state index contributed by atoms with van der Waals surface area (Å²) in [4.78, 5) is 39.8. The molecule has 0 saturated heterocycles. The fraction of sp³-hybridized carbons (Fsp3) is 0.417. The van der Waals surface area contributed by atoms with Crippen molar-refractivity contribution in [1.82, 2.24) is 0 Å². The van der Waals surface area contributed by atoms with E-state index < -0.39 is 10.8 Å². The van der Waals surface area contributed by atoms with Crippen LogP contribution in [0.5, 0.6) is 0 Å². The molecule has 104 valence electrons. The van der Waals surface area contributed by atoms with E-state index in [1.54, 1.807) is 6.08 Å². The van der Waals surface area contributed by atoms with Gasteiger partial charge in [-0.05, 0) is 11.6 Å². The van der Waals surface area contributed by atoms with Crippen LogP contribution in [0.4, 0.5) is 0 Å². The number of hydrogen-bond donors (Lipinski definition) is 0. The molecule has 0 fully saturated rings. The Morgan fingerprint density at radius 3 is 2.40 bits per heavy atom. The van der Waals surface area contributed by atoms with Gasteiger partial charge in [0.1, 0.15) is 4.87 Å². The van der Waals surface area contributed by atoms with Crippen molar-refractivity contribution in [2.75, 3.05) is 19.6 Å². The van der Waals surface area contributed by atoms with Crippen molar-refractivity contribution >= 4 is 41.4 Å². The number of nitrogens with zero attached hydrogens (tertiary/aromatic N) is 3. The Morgan fingerprint density at radius 2 is 1.80 bits per heavy atom. The minimum absolute atomic E-state index is 0.0275. The minimum atomic E-state index is -1.19. The molecule has 0 radical (unpaired) electrons. The molecule has 20 heavy (non-hydrogen) atoms. The molecule has 1 aliphatic rings. The number of alkyl halides is 1. The lowest BCUT2D eigenvalue weighted by molar-refractivity contribution is 0.501. The predicted molar refractivity (Wildman–Crippen MR) is 73.1 cm³/mol. The number of isocyanates is 3. The number of carbonyl (C=O) groups excluding carboxylic acids is 3. The van der Waals surface area contributed by atoms with E-state index in [9.17, 15) is 14.4 Å². The maximum Gasteiger partial charge on any atom is 0.235 e. The summed E-state index contributed by atoms with van der Waals surface area (Å²) in [6.07, 6.45) is 7.44. The van der Waals surface area contributed by atoms with Crippen LogP contribution in [0, 0.1) is 5.92 Å². The smallest absolute Gasteiger partial charge is 0.211 e. The molecule has 2 unspecified atom stereocenters. The lowest BCUT2D eigenvalue weighted by atomic mass is 9.84. The summed E-state index contributed by atoms with van der Waals surface area (Å²) in [5.41, 5.74) is 0.635. The molecule has 0 aromatic rings. The molecule has 0 amide bonds. The second-order valence-corrected chi connectivity index (χ2v) is 5.03. The topological polar surface area (TPSA) is 88.3 Å². The second-order valence-electron chi connectivity index (χ2n) is 3.95. The van der Waals surface area contributed by atoms with E-state index in [-0.39, 0.29) is 24.7 Å². The van der Waals surface area contributed by atoms with E-state index >= 15 is 0 Å². The number of hydrogen-bond acceptors (Lipinski definition) is 6.